The Balaban J connectivity index is 0.00000180. The molecule has 19 heavy (non-hydrogen) atoms. The van der Waals surface area contributed by atoms with Crippen molar-refractivity contribution in [2.45, 2.75) is 11.9 Å². The number of sulfonamides is 1. The Hall–Kier alpha value is -0.830. The minimum Gasteiger partial charge on any atom is -0.236 e. The first-order chi connectivity index (χ1) is 8.44. The molecule has 1 atom stereocenters. The van der Waals surface area contributed by atoms with Crippen LogP contribution in [0.1, 0.15) is 6.92 Å². The van der Waals surface area contributed by atoms with Crippen molar-refractivity contribution in [3.8, 4) is 0 Å². The van der Waals surface area contributed by atoms with Crippen LogP contribution in [0.3, 0.4) is 0 Å². The van der Waals surface area contributed by atoms with E-state index in [2.05, 4.69) is 10.1 Å². The fourth-order valence-electron chi connectivity index (χ4n) is 1.55. The van der Waals surface area contributed by atoms with Gasteiger partial charge in [-0.25, -0.2) is 23.1 Å². The summed E-state index contributed by atoms with van der Waals surface area (Å²) in [6.07, 6.45) is 3.45. The molecule has 2 aromatic heterocycles. The van der Waals surface area contributed by atoms with Crippen LogP contribution >= 0.6 is 24.2 Å². The molecule has 0 saturated heterocycles. The van der Waals surface area contributed by atoms with Gasteiger partial charge in [-0.3, -0.25) is 0 Å². The zero-order valence-corrected chi connectivity index (χ0v) is 12.7. The predicted octanol–water partition coefficient (Wildman–Crippen LogP) is 1.17. The van der Waals surface area contributed by atoms with E-state index in [4.69, 9.17) is 5.14 Å². The molecule has 6 nitrogen and oxygen atoms in total. The summed E-state index contributed by atoms with van der Waals surface area (Å²) in [7, 11) is -3.40. The van der Waals surface area contributed by atoms with Crippen LogP contribution in [0.2, 0.25) is 0 Å². The van der Waals surface area contributed by atoms with E-state index in [0.717, 1.165) is 10.7 Å². The summed E-state index contributed by atoms with van der Waals surface area (Å²) in [5, 5.41) is 10.2. The van der Waals surface area contributed by atoms with Crippen molar-refractivity contribution in [1.82, 2.24) is 14.6 Å². The molecule has 2 rings (SSSR count). The highest BCUT2D eigenvalue weighted by molar-refractivity contribution is 7.99. The number of thioether (sulfide) groups is 1. The molecule has 2 aromatic rings. The third kappa shape index (κ3) is 4.98. The second-order valence-electron chi connectivity index (χ2n) is 4.15. The maximum absolute atomic E-state index is 10.9. The number of aromatic nitrogens is 3. The Morgan fingerprint density at radius 1 is 1.47 bits per heavy atom. The Kier molecular flexibility index (Phi) is 5.60. The maximum atomic E-state index is 10.9. The standard InChI is InChI=1S/C10H14N4O2S2.ClH/c1-8(7-18(11,15)16)6-17-10-3-2-9-12-4-5-14(9)13-10;/h2-5,8H,6-7H2,1H3,(H2,11,15,16);1H/t8-;/m1./s1. The van der Waals surface area contributed by atoms with Crippen molar-refractivity contribution in [1.29, 1.82) is 0 Å². The van der Waals surface area contributed by atoms with E-state index in [9.17, 15) is 8.42 Å². The molecule has 2 heterocycles. The van der Waals surface area contributed by atoms with E-state index < -0.39 is 10.0 Å². The number of primary sulfonamides is 1. The van der Waals surface area contributed by atoms with E-state index >= 15 is 0 Å². The maximum Gasteiger partial charge on any atom is 0.209 e. The Morgan fingerprint density at radius 3 is 2.89 bits per heavy atom. The zero-order valence-electron chi connectivity index (χ0n) is 10.3. The van der Waals surface area contributed by atoms with Gasteiger partial charge in [0.05, 0.1) is 5.75 Å². The van der Waals surface area contributed by atoms with E-state index in [1.54, 1.807) is 16.9 Å². The lowest BCUT2D eigenvalue weighted by Gasteiger charge is -2.08. The summed E-state index contributed by atoms with van der Waals surface area (Å²) in [5.74, 6) is 0.641. The van der Waals surface area contributed by atoms with Crippen molar-refractivity contribution in [2.75, 3.05) is 11.5 Å². The van der Waals surface area contributed by atoms with Crippen molar-refractivity contribution >= 4 is 39.8 Å². The molecule has 0 radical (unpaired) electrons. The van der Waals surface area contributed by atoms with Crippen molar-refractivity contribution in [3.05, 3.63) is 24.5 Å². The molecular weight excluding hydrogens is 308 g/mol. The first-order valence-electron chi connectivity index (χ1n) is 5.38. The highest BCUT2D eigenvalue weighted by atomic mass is 35.5. The van der Waals surface area contributed by atoms with Gasteiger partial charge in [-0.15, -0.1) is 24.2 Å². The fraction of sp³-hybridized carbons (Fsp3) is 0.400. The van der Waals surface area contributed by atoms with Crippen LogP contribution in [0.5, 0.6) is 0 Å². The van der Waals surface area contributed by atoms with Crippen LogP contribution < -0.4 is 5.14 Å². The van der Waals surface area contributed by atoms with Gasteiger partial charge in [0.1, 0.15) is 5.03 Å². The summed E-state index contributed by atoms with van der Waals surface area (Å²) in [5.41, 5.74) is 0.789. The van der Waals surface area contributed by atoms with Crippen LogP contribution in [0.25, 0.3) is 5.65 Å². The van der Waals surface area contributed by atoms with Gasteiger partial charge in [0.2, 0.25) is 10.0 Å². The smallest absolute Gasteiger partial charge is 0.209 e. The molecule has 0 aliphatic heterocycles. The van der Waals surface area contributed by atoms with E-state index in [1.807, 2.05) is 19.1 Å². The Morgan fingerprint density at radius 2 is 2.21 bits per heavy atom. The zero-order chi connectivity index (χ0) is 13.2. The average molecular weight is 323 g/mol. The van der Waals surface area contributed by atoms with Gasteiger partial charge in [-0.2, -0.15) is 5.10 Å². The molecule has 0 aliphatic carbocycles. The predicted molar refractivity (Wildman–Crippen MR) is 78.1 cm³/mol. The van der Waals surface area contributed by atoms with Crippen LogP contribution in [-0.2, 0) is 10.0 Å². The van der Waals surface area contributed by atoms with Crippen LogP contribution in [-0.4, -0.2) is 34.5 Å². The number of nitrogens with two attached hydrogens (primary N) is 1. The number of hydrogen-bond acceptors (Lipinski definition) is 5. The molecule has 0 aliphatic rings. The number of halogens is 1. The molecule has 9 heteroatoms. The Labute approximate surface area is 122 Å². The number of imidazole rings is 1. The molecule has 0 spiro atoms. The largest absolute Gasteiger partial charge is 0.236 e. The first kappa shape index (κ1) is 16.2. The van der Waals surface area contributed by atoms with Crippen LogP contribution in [0.4, 0.5) is 0 Å². The van der Waals surface area contributed by atoms with Gasteiger partial charge in [-0.1, -0.05) is 6.92 Å². The fourth-order valence-corrected chi connectivity index (χ4v) is 3.49. The summed E-state index contributed by atoms with van der Waals surface area (Å²) in [6, 6.07) is 3.75. The third-order valence-electron chi connectivity index (χ3n) is 2.26. The number of hydrogen-bond donors (Lipinski definition) is 1. The van der Waals surface area contributed by atoms with Crippen molar-refractivity contribution in [2.24, 2.45) is 11.1 Å². The molecule has 106 valence electrons. The summed E-state index contributed by atoms with van der Waals surface area (Å²) < 4.78 is 23.6. The highest BCUT2D eigenvalue weighted by Crippen LogP contribution is 2.19. The van der Waals surface area contributed by atoms with Crippen LogP contribution in [0, 0.1) is 5.92 Å². The van der Waals surface area contributed by atoms with Gasteiger partial charge in [0.25, 0.3) is 0 Å². The van der Waals surface area contributed by atoms with E-state index in [0.29, 0.717) is 5.75 Å². The van der Waals surface area contributed by atoms with Gasteiger partial charge in [0.15, 0.2) is 5.65 Å². The monoisotopic (exact) mass is 322 g/mol. The molecule has 0 aromatic carbocycles. The highest BCUT2D eigenvalue weighted by Gasteiger charge is 2.12. The normalized spacial score (nSPS) is 13.2. The van der Waals surface area contributed by atoms with Gasteiger partial charge in [0, 0.05) is 18.1 Å². The second kappa shape index (κ2) is 6.56. The third-order valence-corrected chi connectivity index (χ3v) is 4.55. The van der Waals surface area contributed by atoms with Gasteiger partial charge in [-0.05, 0) is 18.1 Å². The Bertz CT molecular complexity index is 644. The minimum absolute atomic E-state index is 0. The van der Waals surface area contributed by atoms with Gasteiger partial charge < -0.3 is 0 Å². The van der Waals surface area contributed by atoms with Crippen molar-refractivity contribution < 1.29 is 8.42 Å². The summed E-state index contributed by atoms with van der Waals surface area (Å²) >= 11 is 1.51. The van der Waals surface area contributed by atoms with Gasteiger partial charge >= 0.3 is 0 Å². The molecule has 0 fully saturated rings. The first-order valence-corrected chi connectivity index (χ1v) is 8.08. The number of rotatable bonds is 5. The van der Waals surface area contributed by atoms with Crippen LogP contribution in [0.15, 0.2) is 29.6 Å². The van der Waals surface area contributed by atoms with Crippen molar-refractivity contribution in [3.63, 3.8) is 0 Å². The molecule has 0 bridgehead atoms. The minimum atomic E-state index is -3.40. The molecular formula is C10H15ClN4O2S2. The quantitative estimate of drug-likeness (QED) is 0.834. The topological polar surface area (TPSA) is 90.3 Å². The number of nitrogens with zero attached hydrogens (tertiary/aromatic N) is 3. The number of fused-ring (bicyclic) bond motifs is 1. The summed E-state index contributed by atoms with van der Waals surface area (Å²) in [4.78, 5) is 4.10. The average Bonchev–Trinajstić information content (AvgIpc) is 2.71. The second-order valence-corrected chi connectivity index (χ2v) is 6.85. The van der Waals surface area contributed by atoms with E-state index in [1.165, 1.54) is 11.8 Å². The molecule has 0 amide bonds. The lowest BCUT2D eigenvalue weighted by atomic mass is 10.3. The summed E-state index contributed by atoms with van der Waals surface area (Å²) in [6.45, 7) is 1.85. The lowest BCUT2D eigenvalue weighted by molar-refractivity contribution is 0.585. The molecule has 2 N–H and O–H groups in total. The lowest BCUT2D eigenvalue weighted by Crippen LogP contribution is -2.22. The SMILES string of the molecule is C[C@H](CSc1ccc2nccn2n1)CS(N)(=O)=O.Cl. The molecule has 0 unspecified atom stereocenters. The van der Waals surface area contributed by atoms with E-state index in [-0.39, 0.29) is 24.1 Å². The molecule has 0 saturated carbocycles.